The number of hydrogen-bond donors (Lipinski definition) is 1. The number of aryl methyl sites for hydroxylation is 1. The number of ether oxygens (including phenoxy) is 1. The SMILES string of the molecule is COc1cc(F)c(-c2oc(C(F)(F)F)nc2-c2ccc(S(N)(=O)=O)cc2)cc1C. The van der Waals surface area contributed by atoms with Crippen molar-refractivity contribution in [2.45, 2.75) is 18.0 Å². The minimum atomic E-state index is -4.91. The summed E-state index contributed by atoms with van der Waals surface area (Å²) in [6.07, 6.45) is -4.91. The van der Waals surface area contributed by atoms with Crippen LogP contribution in [0.5, 0.6) is 5.75 Å². The van der Waals surface area contributed by atoms with Gasteiger partial charge in [0.2, 0.25) is 10.0 Å². The Balaban J connectivity index is 2.23. The highest BCUT2D eigenvalue weighted by atomic mass is 32.2. The number of rotatable bonds is 4. The van der Waals surface area contributed by atoms with E-state index in [1.165, 1.54) is 25.3 Å². The van der Waals surface area contributed by atoms with Crippen LogP contribution in [0, 0.1) is 12.7 Å². The number of sulfonamides is 1. The number of alkyl halides is 3. The molecule has 3 aromatic rings. The molecule has 154 valence electrons. The number of oxazole rings is 1. The zero-order valence-electron chi connectivity index (χ0n) is 15.0. The fourth-order valence-corrected chi connectivity index (χ4v) is 3.19. The smallest absolute Gasteiger partial charge is 0.468 e. The maximum atomic E-state index is 14.6. The summed E-state index contributed by atoms with van der Waals surface area (Å²) in [7, 11) is -2.67. The van der Waals surface area contributed by atoms with Gasteiger partial charge in [0, 0.05) is 11.6 Å². The number of primary sulfonamides is 1. The summed E-state index contributed by atoms with van der Waals surface area (Å²) in [5.74, 6) is -2.68. The number of benzene rings is 2. The maximum absolute atomic E-state index is 14.6. The van der Waals surface area contributed by atoms with Crippen LogP contribution in [0.1, 0.15) is 11.5 Å². The average Bonchev–Trinajstić information content (AvgIpc) is 3.08. The second-order valence-electron chi connectivity index (χ2n) is 6.07. The molecule has 11 heteroatoms. The van der Waals surface area contributed by atoms with Crippen molar-refractivity contribution in [1.82, 2.24) is 4.98 Å². The van der Waals surface area contributed by atoms with Gasteiger partial charge in [0.05, 0.1) is 17.6 Å². The Labute approximate surface area is 163 Å². The van der Waals surface area contributed by atoms with Crippen LogP contribution >= 0.6 is 0 Å². The second kappa shape index (κ2) is 7.16. The Morgan fingerprint density at radius 2 is 1.76 bits per heavy atom. The molecule has 2 N–H and O–H groups in total. The van der Waals surface area contributed by atoms with E-state index in [4.69, 9.17) is 14.3 Å². The summed E-state index contributed by atoms with van der Waals surface area (Å²) >= 11 is 0. The Hall–Kier alpha value is -2.92. The number of halogens is 4. The van der Waals surface area contributed by atoms with Crippen molar-refractivity contribution in [1.29, 1.82) is 0 Å². The minimum Gasteiger partial charge on any atom is -0.496 e. The first kappa shape index (κ1) is 20.8. The van der Waals surface area contributed by atoms with E-state index < -0.39 is 33.7 Å². The Morgan fingerprint density at radius 1 is 1.14 bits per heavy atom. The third-order valence-electron chi connectivity index (χ3n) is 4.06. The van der Waals surface area contributed by atoms with Gasteiger partial charge < -0.3 is 9.15 Å². The number of hydrogen-bond acceptors (Lipinski definition) is 5. The largest absolute Gasteiger partial charge is 0.496 e. The molecule has 1 aromatic heterocycles. The fraction of sp³-hybridized carbons (Fsp3) is 0.167. The molecule has 0 amide bonds. The lowest BCUT2D eigenvalue weighted by molar-refractivity contribution is -0.156. The van der Waals surface area contributed by atoms with Gasteiger partial charge >= 0.3 is 12.1 Å². The highest BCUT2D eigenvalue weighted by Gasteiger charge is 2.39. The van der Waals surface area contributed by atoms with Crippen LogP contribution in [0.3, 0.4) is 0 Å². The van der Waals surface area contributed by atoms with E-state index in [1.807, 2.05) is 0 Å². The van der Waals surface area contributed by atoms with Gasteiger partial charge in [-0.1, -0.05) is 12.1 Å². The lowest BCUT2D eigenvalue weighted by Gasteiger charge is -2.09. The minimum absolute atomic E-state index is 0.0829. The van der Waals surface area contributed by atoms with Crippen molar-refractivity contribution in [3.05, 3.63) is 53.7 Å². The number of nitrogens with zero attached hydrogens (tertiary/aromatic N) is 1. The van der Waals surface area contributed by atoms with E-state index in [-0.39, 0.29) is 27.5 Å². The molecule has 0 saturated heterocycles. The van der Waals surface area contributed by atoms with E-state index in [9.17, 15) is 26.0 Å². The van der Waals surface area contributed by atoms with E-state index in [0.717, 1.165) is 18.2 Å². The molecule has 6 nitrogen and oxygen atoms in total. The Bertz CT molecular complexity index is 1170. The van der Waals surface area contributed by atoms with Gasteiger partial charge in [-0.2, -0.15) is 13.2 Å². The van der Waals surface area contributed by atoms with Crippen molar-refractivity contribution in [2.24, 2.45) is 5.14 Å². The van der Waals surface area contributed by atoms with Gasteiger partial charge in [-0.15, -0.1) is 0 Å². The summed E-state index contributed by atoms with van der Waals surface area (Å²) < 4.78 is 86.7. The van der Waals surface area contributed by atoms with Crippen molar-refractivity contribution >= 4 is 10.0 Å². The predicted molar refractivity (Wildman–Crippen MR) is 95.0 cm³/mol. The van der Waals surface area contributed by atoms with Gasteiger partial charge in [0.25, 0.3) is 0 Å². The average molecular weight is 430 g/mol. The summed E-state index contributed by atoms with van der Waals surface area (Å²) in [6, 6.07) is 6.91. The molecule has 0 aliphatic heterocycles. The molecule has 2 aromatic carbocycles. The monoisotopic (exact) mass is 430 g/mol. The zero-order valence-corrected chi connectivity index (χ0v) is 15.9. The first-order valence-electron chi connectivity index (χ1n) is 7.97. The van der Waals surface area contributed by atoms with Gasteiger partial charge in [-0.05, 0) is 30.7 Å². The molecule has 0 unspecified atom stereocenters. The van der Waals surface area contributed by atoms with Crippen LogP contribution < -0.4 is 9.88 Å². The molecular formula is C18H14F4N2O4S. The van der Waals surface area contributed by atoms with Crippen LogP contribution in [-0.4, -0.2) is 20.5 Å². The Morgan fingerprint density at radius 3 is 2.28 bits per heavy atom. The molecule has 0 aliphatic rings. The van der Waals surface area contributed by atoms with Gasteiger partial charge in [0.1, 0.15) is 17.3 Å². The molecule has 1 heterocycles. The molecular weight excluding hydrogens is 416 g/mol. The molecule has 3 rings (SSSR count). The first-order chi connectivity index (χ1) is 13.4. The molecule has 0 saturated carbocycles. The van der Waals surface area contributed by atoms with Crippen LogP contribution in [-0.2, 0) is 16.2 Å². The summed E-state index contributed by atoms with van der Waals surface area (Å²) in [6.45, 7) is 1.59. The van der Waals surface area contributed by atoms with E-state index >= 15 is 0 Å². The zero-order chi connectivity index (χ0) is 21.6. The first-order valence-corrected chi connectivity index (χ1v) is 9.52. The number of aromatic nitrogens is 1. The molecule has 0 spiro atoms. The van der Waals surface area contributed by atoms with Crippen molar-refractivity contribution in [3.63, 3.8) is 0 Å². The summed E-state index contributed by atoms with van der Waals surface area (Å²) in [4.78, 5) is 3.22. The number of methoxy groups -OCH3 is 1. The van der Waals surface area contributed by atoms with Gasteiger partial charge in [0.15, 0.2) is 5.76 Å². The van der Waals surface area contributed by atoms with Crippen molar-refractivity contribution < 1.29 is 35.1 Å². The van der Waals surface area contributed by atoms with Crippen molar-refractivity contribution in [2.75, 3.05) is 7.11 Å². The molecule has 29 heavy (non-hydrogen) atoms. The van der Waals surface area contributed by atoms with Crippen LogP contribution in [0.4, 0.5) is 17.6 Å². The molecule has 0 fully saturated rings. The van der Waals surface area contributed by atoms with Crippen molar-refractivity contribution in [3.8, 4) is 28.3 Å². The molecule has 0 atom stereocenters. The standard InChI is InChI=1S/C18H14F4N2O4S/c1-9-7-12(13(19)8-14(9)27-2)16-15(24-17(28-16)18(20,21)22)10-3-5-11(6-4-10)29(23,25)26/h3-8H,1-2H3,(H2,23,25,26). The third-order valence-corrected chi connectivity index (χ3v) is 4.98. The quantitative estimate of drug-likeness (QED) is 0.628. The van der Waals surface area contributed by atoms with E-state index in [2.05, 4.69) is 4.98 Å². The van der Waals surface area contributed by atoms with Crippen LogP contribution in [0.2, 0.25) is 0 Å². The summed E-state index contributed by atoms with van der Waals surface area (Å²) in [5, 5.41) is 5.02. The summed E-state index contributed by atoms with van der Waals surface area (Å²) in [5.41, 5.74) is -0.0116. The highest BCUT2D eigenvalue weighted by molar-refractivity contribution is 7.89. The van der Waals surface area contributed by atoms with E-state index in [1.54, 1.807) is 6.92 Å². The van der Waals surface area contributed by atoms with Gasteiger partial charge in [-0.3, -0.25) is 0 Å². The third kappa shape index (κ3) is 4.10. The predicted octanol–water partition coefficient (Wildman–Crippen LogP) is 4.13. The highest BCUT2D eigenvalue weighted by Crippen LogP contribution is 2.40. The van der Waals surface area contributed by atoms with E-state index in [0.29, 0.717) is 5.56 Å². The van der Waals surface area contributed by atoms with Crippen LogP contribution in [0.15, 0.2) is 45.7 Å². The van der Waals surface area contributed by atoms with Gasteiger partial charge in [-0.25, -0.2) is 22.9 Å². The molecule has 0 aliphatic carbocycles. The van der Waals surface area contributed by atoms with Crippen LogP contribution in [0.25, 0.3) is 22.6 Å². The lowest BCUT2D eigenvalue weighted by Crippen LogP contribution is -2.11. The molecule has 0 radical (unpaired) electrons. The second-order valence-corrected chi connectivity index (χ2v) is 7.63. The Kier molecular flexibility index (Phi) is 5.13. The fourth-order valence-electron chi connectivity index (χ4n) is 2.68. The normalized spacial score (nSPS) is 12.2. The number of nitrogens with two attached hydrogens (primary N) is 1. The molecule has 0 bridgehead atoms. The lowest BCUT2D eigenvalue weighted by atomic mass is 10.0. The topological polar surface area (TPSA) is 95.4 Å². The maximum Gasteiger partial charge on any atom is 0.468 e.